The van der Waals surface area contributed by atoms with Gasteiger partial charge in [-0.3, -0.25) is 14.4 Å². The van der Waals surface area contributed by atoms with Gasteiger partial charge in [0.1, 0.15) is 6.04 Å². The number of anilines is 1. The molecule has 0 radical (unpaired) electrons. The molecule has 0 aliphatic heterocycles. The fourth-order valence-electron chi connectivity index (χ4n) is 1.54. The number of nitrogens with zero attached hydrogens (tertiary/aromatic N) is 1. The van der Waals surface area contributed by atoms with Crippen LogP contribution in [0.1, 0.15) is 25.5 Å². The number of thiazole rings is 1. The van der Waals surface area contributed by atoms with Crippen molar-refractivity contribution in [1.29, 1.82) is 0 Å². The fraction of sp³-hybridized carbons (Fsp3) is 0.538. The molecule has 0 fully saturated rings. The zero-order valence-corrected chi connectivity index (χ0v) is 13.3. The molecule has 8 nitrogen and oxygen atoms in total. The van der Waals surface area contributed by atoms with Crippen molar-refractivity contribution in [3.63, 3.8) is 0 Å². The topological polar surface area (TPSA) is 121 Å². The molecule has 0 saturated heterocycles. The summed E-state index contributed by atoms with van der Waals surface area (Å²) in [7, 11) is 1.24. The van der Waals surface area contributed by atoms with Gasteiger partial charge < -0.3 is 20.5 Å². The third-order valence-corrected chi connectivity index (χ3v) is 3.42. The number of nitrogens with two attached hydrogens (primary N) is 1. The number of amides is 1. The van der Waals surface area contributed by atoms with E-state index in [2.05, 4.69) is 15.0 Å². The first kappa shape index (κ1) is 18.1. The Balaban J connectivity index is 2.40. The molecule has 3 N–H and O–H groups in total. The number of esters is 2. The molecule has 0 aromatic carbocycles. The maximum Gasteiger partial charge on any atom is 0.322 e. The molecule has 0 spiro atoms. The molecule has 122 valence electrons. The van der Waals surface area contributed by atoms with Crippen LogP contribution in [0.2, 0.25) is 0 Å². The van der Waals surface area contributed by atoms with Crippen molar-refractivity contribution in [3.8, 4) is 0 Å². The molecular weight excluding hydrogens is 310 g/mol. The Bertz CT molecular complexity index is 532. The third kappa shape index (κ3) is 6.19. The van der Waals surface area contributed by atoms with Crippen LogP contribution in [0.4, 0.5) is 5.13 Å². The van der Waals surface area contributed by atoms with E-state index in [1.54, 1.807) is 12.3 Å². The van der Waals surface area contributed by atoms with Gasteiger partial charge in [0.05, 0.1) is 25.8 Å². The molecule has 0 aliphatic rings. The van der Waals surface area contributed by atoms with E-state index in [1.165, 1.54) is 18.4 Å². The van der Waals surface area contributed by atoms with Crippen molar-refractivity contribution >= 4 is 34.3 Å². The predicted molar refractivity (Wildman–Crippen MR) is 80.3 cm³/mol. The fourth-order valence-corrected chi connectivity index (χ4v) is 2.27. The first-order valence-corrected chi connectivity index (χ1v) is 7.57. The molecule has 1 unspecified atom stereocenters. The average molecular weight is 329 g/mol. The van der Waals surface area contributed by atoms with E-state index < -0.39 is 12.0 Å². The van der Waals surface area contributed by atoms with E-state index in [9.17, 15) is 14.4 Å². The number of rotatable bonds is 8. The molecular formula is C13H19N3O5S. The van der Waals surface area contributed by atoms with Crippen molar-refractivity contribution in [2.75, 3.05) is 19.0 Å². The second-order valence-electron chi connectivity index (χ2n) is 4.34. The predicted octanol–water partition coefficient (Wildman–Crippen LogP) is 0.468. The molecule has 0 bridgehead atoms. The number of ether oxygens (including phenoxy) is 2. The summed E-state index contributed by atoms with van der Waals surface area (Å²) >= 11 is 1.21. The minimum atomic E-state index is -0.827. The molecule has 1 rings (SSSR count). The maximum atomic E-state index is 11.7. The molecule has 1 amide bonds. The minimum Gasteiger partial charge on any atom is -0.468 e. The summed E-state index contributed by atoms with van der Waals surface area (Å²) in [5, 5.41) is 4.65. The monoisotopic (exact) mass is 329 g/mol. The van der Waals surface area contributed by atoms with Crippen LogP contribution in [-0.2, 0) is 30.3 Å². The third-order valence-electron chi connectivity index (χ3n) is 2.62. The van der Waals surface area contributed by atoms with E-state index >= 15 is 0 Å². The van der Waals surface area contributed by atoms with Gasteiger partial charge in [0, 0.05) is 11.8 Å². The van der Waals surface area contributed by atoms with Crippen LogP contribution in [0.5, 0.6) is 0 Å². The van der Waals surface area contributed by atoms with Crippen molar-refractivity contribution < 1.29 is 23.9 Å². The van der Waals surface area contributed by atoms with Crippen molar-refractivity contribution in [2.45, 2.75) is 32.2 Å². The van der Waals surface area contributed by atoms with Gasteiger partial charge in [-0.05, 0) is 13.3 Å². The van der Waals surface area contributed by atoms with Gasteiger partial charge in [-0.1, -0.05) is 0 Å². The number of hydrogen-bond donors (Lipinski definition) is 2. The Hall–Kier alpha value is -2.00. The lowest BCUT2D eigenvalue weighted by atomic mass is 10.1. The van der Waals surface area contributed by atoms with E-state index in [-0.39, 0.29) is 31.1 Å². The lowest BCUT2D eigenvalue weighted by molar-refractivity contribution is -0.143. The number of carbonyl (C=O) groups excluding carboxylic acids is 3. The Morgan fingerprint density at radius 1 is 1.45 bits per heavy atom. The Morgan fingerprint density at radius 2 is 2.18 bits per heavy atom. The van der Waals surface area contributed by atoms with Gasteiger partial charge in [0.2, 0.25) is 5.91 Å². The number of carbonyl (C=O) groups is 3. The first-order chi connectivity index (χ1) is 10.5. The quantitative estimate of drug-likeness (QED) is 0.665. The van der Waals surface area contributed by atoms with E-state index in [0.29, 0.717) is 17.4 Å². The van der Waals surface area contributed by atoms with Crippen molar-refractivity contribution in [3.05, 3.63) is 11.1 Å². The van der Waals surface area contributed by atoms with Crippen LogP contribution < -0.4 is 11.1 Å². The van der Waals surface area contributed by atoms with Gasteiger partial charge in [0.25, 0.3) is 0 Å². The van der Waals surface area contributed by atoms with Crippen LogP contribution >= 0.6 is 11.3 Å². The normalized spacial score (nSPS) is 11.6. The second kappa shape index (κ2) is 9.11. The SMILES string of the molecule is CCOC(=O)Cc1csc(NC(=O)CCC(N)C(=O)OC)n1. The molecule has 1 aromatic rings. The van der Waals surface area contributed by atoms with Gasteiger partial charge in [-0.15, -0.1) is 11.3 Å². The van der Waals surface area contributed by atoms with E-state index in [4.69, 9.17) is 10.5 Å². The summed E-state index contributed by atoms with van der Waals surface area (Å²) in [5.41, 5.74) is 6.07. The first-order valence-electron chi connectivity index (χ1n) is 6.69. The summed E-state index contributed by atoms with van der Waals surface area (Å²) < 4.78 is 9.29. The Morgan fingerprint density at radius 3 is 2.82 bits per heavy atom. The molecule has 0 aliphatic carbocycles. The summed E-state index contributed by atoms with van der Waals surface area (Å²) in [6.45, 7) is 2.04. The molecule has 9 heteroatoms. The highest BCUT2D eigenvalue weighted by atomic mass is 32.1. The smallest absolute Gasteiger partial charge is 0.322 e. The number of hydrogen-bond acceptors (Lipinski definition) is 8. The van der Waals surface area contributed by atoms with Gasteiger partial charge >= 0.3 is 11.9 Å². The number of methoxy groups -OCH3 is 1. The van der Waals surface area contributed by atoms with E-state index in [1.807, 2.05) is 0 Å². The van der Waals surface area contributed by atoms with Crippen molar-refractivity contribution in [2.24, 2.45) is 5.73 Å². The minimum absolute atomic E-state index is 0.0629. The zero-order valence-electron chi connectivity index (χ0n) is 12.5. The van der Waals surface area contributed by atoms with Crippen LogP contribution in [0.15, 0.2) is 5.38 Å². The van der Waals surface area contributed by atoms with Gasteiger partial charge in [0.15, 0.2) is 5.13 Å². The molecule has 1 heterocycles. The Kier molecular flexibility index (Phi) is 7.47. The van der Waals surface area contributed by atoms with Crippen molar-refractivity contribution in [1.82, 2.24) is 4.98 Å². The molecule has 0 saturated carbocycles. The highest BCUT2D eigenvalue weighted by Crippen LogP contribution is 2.16. The lowest BCUT2D eigenvalue weighted by Gasteiger charge is -2.08. The van der Waals surface area contributed by atoms with E-state index in [0.717, 1.165) is 0 Å². The summed E-state index contributed by atoms with van der Waals surface area (Å²) in [4.78, 5) is 38.3. The second-order valence-corrected chi connectivity index (χ2v) is 5.20. The average Bonchev–Trinajstić information content (AvgIpc) is 2.90. The van der Waals surface area contributed by atoms with Crippen LogP contribution in [0.25, 0.3) is 0 Å². The lowest BCUT2D eigenvalue weighted by Crippen LogP contribution is -2.32. The zero-order chi connectivity index (χ0) is 16.5. The summed E-state index contributed by atoms with van der Waals surface area (Å²) in [6.07, 6.45) is 0.316. The summed E-state index contributed by atoms with van der Waals surface area (Å²) in [6, 6.07) is -0.827. The van der Waals surface area contributed by atoms with Crippen LogP contribution in [0, 0.1) is 0 Å². The molecule has 22 heavy (non-hydrogen) atoms. The summed E-state index contributed by atoms with van der Waals surface area (Å²) in [5.74, 6) is -1.23. The van der Waals surface area contributed by atoms with Crippen LogP contribution in [-0.4, -0.2) is 42.6 Å². The highest BCUT2D eigenvalue weighted by Gasteiger charge is 2.16. The standard InChI is InChI=1S/C13H19N3O5S/c1-3-21-11(18)6-8-7-22-13(15-8)16-10(17)5-4-9(14)12(19)20-2/h7,9H,3-6,14H2,1-2H3,(H,15,16,17). The highest BCUT2D eigenvalue weighted by molar-refractivity contribution is 7.13. The number of aromatic nitrogens is 1. The van der Waals surface area contributed by atoms with Crippen LogP contribution in [0.3, 0.4) is 0 Å². The molecule has 1 aromatic heterocycles. The largest absolute Gasteiger partial charge is 0.468 e. The number of nitrogens with one attached hydrogen (secondary N) is 1. The Labute approximate surface area is 132 Å². The van der Waals surface area contributed by atoms with Gasteiger partial charge in [-0.25, -0.2) is 4.98 Å². The molecule has 1 atom stereocenters. The maximum absolute atomic E-state index is 11.7. The van der Waals surface area contributed by atoms with Gasteiger partial charge in [-0.2, -0.15) is 0 Å².